The Hall–Kier alpha value is -1.21. The molecule has 8 heteroatoms. The third-order valence-electron chi connectivity index (χ3n) is 3.49. The summed E-state index contributed by atoms with van der Waals surface area (Å²) in [6, 6.07) is 5.66. The predicted molar refractivity (Wildman–Crippen MR) is 92.6 cm³/mol. The molecular weight excluding hydrogens is 345 g/mol. The Labute approximate surface area is 143 Å². The summed E-state index contributed by atoms with van der Waals surface area (Å²) in [5.74, 6) is -0.367. The number of imide groups is 1. The Kier molecular flexibility index (Phi) is 5.39. The summed E-state index contributed by atoms with van der Waals surface area (Å²) >= 11 is 7.22. The van der Waals surface area contributed by atoms with Crippen molar-refractivity contribution in [2.75, 3.05) is 18.0 Å². The lowest BCUT2D eigenvalue weighted by Gasteiger charge is -2.22. The minimum atomic E-state index is -0.367. The number of benzene rings is 1. The molecule has 118 valence electrons. The van der Waals surface area contributed by atoms with Gasteiger partial charge in [0.05, 0.1) is 15.6 Å². The Morgan fingerprint density at radius 1 is 1.41 bits per heavy atom. The van der Waals surface area contributed by atoms with E-state index in [2.05, 4.69) is 10.2 Å². The summed E-state index contributed by atoms with van der Waals surface area (Å²) in [6.07, 6.45) is 2.62. The summed E-state index contributed by atoms with van der Waals surface area (Å²) in [5, 5.41) is 2.52. The van der Waals surface area contributed by atoms with Crippen LogP contribution in [-0.4, -0.2) is 30.3 Å². The van der Waals surface area contributed by atoms with Crippen molar-refractivity contribution >= 4 is 58.7 Å². The summed E-state index contributed by atoms with van der Waals surface area (Å²) < 4.78 is 0. The fourth-order valence-corrected chi connectivity index (χ4v) is 3.51. The zero-order valence-corrected chi connectivity index (χ0v) is 13.9. The molecule has 3 N–H and O–H groups in total. The Balaban J connectivity index is 0.00000176. The molecule has 3 rings (SSSR count). The molecular formula is C14H15Cl2N3O2S. The van der Waals surface area contributed by atoms with Crippen LogP contribution in [0.3, 0.4) is 0 Å². The van der Waals surface area contributed by atoms with E-state index in [1.807, 2.05) is 18.2 Å². The van der Waals surface area contributed by atoms with Crippen LogP contribution in [0.1, 0.15) is 12.0 Å². The number of hydrogen-bond donors (Lipinski definition) is 2. The highest BCUT2D eigenvalue weighted by atomic mass is 35.5. The average molecular weight is 360 g/mol. The molecule has 2 aliphatic rings. The summed E-state index contributed by atoms with van der Waals surface area (Å²) in [6.45, 7) is 1.57. The molecule has 0 radical (unpaired) electrons. The fourth-order valence-electron chi connectivity index (χ4n) is 2.53. The number of anilines is 1. The quantitative estimate of drug-likeness (QED) is 0.793. The molecule has 1 aromatic carbocycles. The highest BCUT2D eigenvalue weighted by Crippen LogP contribution is 2.35. The number of nitrogens with zero attached hydrogens (tertiary/aromatic N) is 1. The monoisotopic (exact) mass is 359 g/mol. The van der Waals surface area contributed by atoms with Crippen molar-refractivity contribution in [2.45, 2.75) is 12.5 Å². The lowest BCUT2D eigenvalue weighted by molar-refractivity contribution is -0.115. The van der Waals surface area contributed by atoms with Crippen LogP contribution in [-0.2, 0) is 4.79 Å². The first-order chi connectivity index (χ1) is 10.0. The fraction of sp³-hybridized carbons (Fsp3) is 0.286. The van der Waals surface area contributed by atoms with Gasteiger partial charge in [0.1, 0.15) is 0 Å². The first-order valence-electron chi connectivity index (χ1n) is 6.58. The van der Waals surface area contributed by atoms with Crippen molar-refractivity contribution in [1.29, 1.82) is 0 Å². The molecule has 0 saturated carbocycles. The standard InChI is InChI=1S/C14H14ClN3O2S.ClH/c15-10-3-1-2-8(6-11-13(19)17-14(20)21-11)12(10)18-5-4-9(16)7-18;/h1-3,6,9H,4-5,7,16H2,(H,17,19,20);1H. The lowest BCUT2D eigenvalue weighted by Crippen LogP contribution is -2.27. The Morgan fingerprint density at radius 3 is 2.77 bits per heavy atom. The Morgan fingerprint density at radius 2 is 2.18 bits per heavy atom. The number of amides is 2. The molecule has 2 amide bonds. The van der Waals surface area contributed by atoms with Gasteiger partial charge >= 0.3 is 0 Å². The van der Waals surface area contributed by atoms with E-state index in [0.29, 0.717) is 9.93 Å². The van der Waals surface area contributed by atoms with E-state index in [4.69, 9.17) is 17.3 Å². The number of carbonyl (C=O) groups excluding carboxylic acids is 2. The number of thioether (sulfide) groups is 1. The highest BCUT2D eigenvalue weighted by molar-refractivity contribution is 8.18. The second-order valence-corrected chi connectivity index (χ2v) is 6.45. The molecule has 5 nitrogen and oxygen atoms in total. The lowest BCUT2D eigenvalue weighted by atomic mass is 10.1. The Bertz CT molecular complexity index is 651. The molecule has 0 bridgehead atoms. The average Bonchev–Trinajstić information content (AvgIpc) is 2.96. The van der Waals surface area contributed by atoms with Crippen LogP contribution in [0.4, 0.5) is 10.5 Å². The number of para-hydroxylation sites is 1. The number of nitrogens with two attached hydrogens (primary N) is 1. The maximum absolute atomic E-state index is 11.7. The number of rotatable bonds is 2. The van der Waals surface area contributed by atoms with Crippen LogP contribution >= 0.6 is 35.8 Å². The van der Waals surface area contributed by atoms with E-state index in [-0.39, 0.29) is 29.6 Å². The van der Waals surface area contributed by atoms with E-state index < -0.39 is 0 Å². The normalized spacial score (nSPS) is 22.9. The minimum Gasteiger partial charge on any atom is -0.368 e. The first kappa shape index (κ1) is 17.1. The van der Waals surface area contributed by atoms with E-state index in [1.54, 1.807) is 6.08 Å². The second kappa shape index (κ2) is 6.91. The van der Waals surface area contributed by atoms with Crippen molar-refractivity contribution in [3.63, 3.8) is 0 Å². The van der Waals surface area contributed by atoms with Crippen LogP contribution in [0.15, 0.2) is 23.1 Å². The maximum atomic E-state index is 11.7. The molecule has 2 fully saturated rings. The van der Waals surface area contributed by atoms with Crippen LogP contribution in [0, 0.1) is 0 Å². The molecule has 2 saturated heterocycles. The topological polar surface area (TPSA) is 75.4 Å². The molecule has 1 atom stereocenters. The zero-order valence-electron chi connectivity index (χ0n) is 11.5. The molecule has 1 aromatic rings. The molecule has 2 aliphatic heterocycles. The van der Waals surface area contributed by atoms with Crippen molar-refractivity contribution in [1.82, 2.24) is 5.32 Å². The summed E-state index contributed by atoms with van der Waals surface area (Å²) in [7, 11) is 0. The molecule has 0 aliphatic carbocycles. The van der Waals surface area contributed by atoms with Gasteiger partial charge in [0.15, 0.2) is 0 Å². The van der Waals surface area contributed by atoms with Gasteiger partial charge in [-0.1, -0.05) is 23.7 Å². The van der Waals surface area contributed by atoms with Gasteiger partial charge < -0.3 is 10.6 Å². The number of carbonyl (C=O) groups is 2. The van der Waals surface area contributed by atoms with Crippen LogP contribution in [0.2, 0.25) is 5.02 Å². The van der Waals surface area contributed by atoms with Crippen molar-refractivity contribution < 1.29 is 9.59 Å². The van der Waals surface area contributed by atoms with Gasteiger partial charge in [-0.15, -0.1) is 12.4 Å². The van der Waals surface area contributed by atoms with Crippen LogP contribution in [0.25, 0.3) is 6.08 Å². The van der Waals surface area contributed by atoms with E-state index >= 15 is 0 Å². The molecule has 0 aromatic heterocycles. The molecule has 0 spiro atoms. The third kappa shape index (κ3) is 3.41. The van der Waals surface area contributed by atoms with E-state index in [9.17, 15) is 9.59 Å². The molecule has 2 heterocycles. The van der Waals surface area contributed by atoms with Gasteiger partial charge in [0, 0.05) is 24.7 Å². The number of nitrogens with one attached hydrogen (secondary N) is 1. The summed E-state index contributed by atoms with van der Waals surface area (Å²) in [4.78, 5) is 25.4. The van der Waals surface area contributed by atoms with Crippen molar-refractivity contribution in [2.24, 2.45) is 5.73 Å². The van der Waals surface area contributed by atoms with Gasteiger partial charge in [-0.2, -0.15) is 0 Å². The third-order valence-corrected chi connectivity index (χ3v) is 4.60. The van der Waals surface area contributed by atoms with E-state index in [1.165, 1.54) is 0 Å². The van der Waals surface area contributed by atoms with E-state index in [0.717, 1.165) is 42.5 Å². The minimum absolute atomic E-state index is 0. The number of hydrogen-bond acceptors (Lipinski definition) is 5. The SMILES string of the molecule is Cl.NC1CCN(c2c(Cl)cccc2C=C2SC(=O)NC2=O)C1. The maximum Gasteiger partial charge on any atom is 0.290 e. The zero-order chi connectivity index (χ0) is 15.0. The highest BCUT2D eigenvalue weighted by Gasteiger charge is 2.27. The van der Waals surface area contributed by atoms with Crippen LogP contribution in [0.5, 0.6) is 0 Å². The smallest absolute Gasteiger partial charge is 0.290 e. The van der Waals surface area contributed by atoms with Gasteiger partial charge in [0.2, 0.25) is 0 Å². The van der Waals surface area contributed by atoms with Gasteiger partial charge in [0.25, 0.3) is 11.1 Å². The summed E-state index contributed by atoms with van der Waals surface area (Å²) in [5.41, 5.74) is 7.64. The second-order valence-electron chi connectivity index (χ2n) is 5.02. The van der Waals surface area contributed by atoms with Crippen LogP contribution < -0.4 is 16.0 Å². The predicted octanol–water partition coefficient (Wildman–Crippen LogP) is 2.62. The largest absolute Gasteiger partial charge is 0.368 e. The van der Waals surface area contributed by atoms with Gasteiger partial charge in [-0.25, -0.2) is 0 Å². The van der Waals surface area contributed by atoms with Crippen molar-refractivity contribution in [3.8, 4) is 0 Å². The number of halogens is 2. The van der Waals surface area contributed by atoms with Crippen molar-refractivity contribution in [3.05, 3.63) is 33.7 Å². The molecule has 22 heavy (non-hydrogen) atoms. The first-order valence-corrected chi connectivity index (χ1v) is 7.78. The molecule has 1 unspecified atom stereocenters. The van der Waals surface area contributed by atoms with Gasteiger partial charge in [-0.3, -0.25) is 14.9 Å². The van der Waals surface area contributed by atoms with Gasteiger partial charge in [-0.05, 0) is 30.3 Å².